The fourth-order valence-electron chi connectivity index (χ4n) is 3.68. The fourth-order valence-corrected chi connectivity index (χ4v) is 4.77. The van der Waals surface area contributed by atoms with Gasteiger partial charge in [-0.05, 0) is 46.5 Å². The van der Waals surface area contributed by atoms with Crippen molar-refractivity contribution >= 4 is 23.4 Å². The molecule has 4 aromatic rings. The number of hydrogen-bond acceptors (Lipinski definition) is 5. The number of tetrazole rings is 1. The Balaban J connectivity index is 1.28. The number of benzene rings is 3. The van der Waals surface area contributed by atoms with Gasteiger partial charge in [0.15, 0.2) is 5.82 Å². The molecule has 5 rings (SSSR count). The average Bonchev–Trinajstić information content (AvgIpc) is 3.56. The van der Waals surface area contributed by atoms with Crippen LogP contribution in [0.4, 0.5) is 5.69 Å². The monoisotopic (exact) mass is 441 g/mol. The summed E-state index contributed by atoms with van der Waals surface area (Å²) in [6.07, 6.45) is 2.21. The highest BCUT2D eigenvalue weighted by atomic mass is 32.2. The van der Waals surface area contributed by atoms with E-state index in [2.05, 4.69) is 45.1 Å². The van der Waals surface area contributed by atoms with Gasteiger partial charge in [-0.15, -0.1) is 16.9 Å². The van der Waals surface area contributed by atoms with Crippen molar-refractivity contribution in [3.05, 3.63) is 96.1 Å². The SMILES string of the molecule is O=C(CSC(c1ccccc1)c1ccccc1)Nc1cccc(-c2nnnn2C2CC2)c1. The average molecular weight is 442 g/mol. The quantitative estimate of drug-likeness (QED) is 0.410. The Kier molecular flexibility index (Phi) is 5.98. The van der Waals surface area contributed by atoms with Gasteiger partial charge >= 0.3 is 0 Å². The van der Waals surface area contributed by atoms with Gasteiger partial charge in [-0.25, -0.2) is 4.68 Å². The lowest BCUT2D eigenvalue weighted by atomic mass is 10.0. The summed E-state index contributed by atoms with van der Waals surface area (Å²) < 4.78 is 1.88. The highest BCUT2D eigenvalue weighted by Gasteiger charge is 2.28. The number of amides is 1. The zero-order valence-electron chi connectivity index (χ0n) is 17.5. The molecular formula is C25H23N5OS. The first-order valence-corrected chi connectivity index (χ1v) is 11.7. The normalized spacial score (nSPS) is 13.3. The van der Waals surface area contributed by atoms with Crippen molar-refractivity contribution in [1.29, 1.82) is 0 Å². The first kappa shape index (κ1) is 20.5. The summed E-state index contributed by atoms with van der Waals surface area (Å²) in [5.74, 6) is 1.05. The van der Waals surface area contributed by atoms with Crippen LogP contribution in [0.1, 0.15) is 35.3 Å². The number of aromatic nitrogens is 4. The largest absolute Gasteiger partial charge is 0.325 e. The lowest BCUT2D eigenvalue weighted by Gasteiger charge is -2.17. The Morgan fingerprint density at radius 1 is 0.969 bits per heavy atom. The Hall–Kier alpha value is -3.45. The van der Waals surface area contributed by atoms with Crippen molar-refractivity contribution in [3.8, 4) is 11.4 Å². The topological polar surface area (TPSA) is 72.7 Å². The molecule has 0 bridgehead atoms. The maximum atomic E-state index is 12.8. The molecule has 0 aliphatic heterocycles. The van der Waals surface area contributed by atoms with Gasteiger partial charge in [0.05, 0.1) is 17.0 Å². The number of thioether (sulfide) groups is 1. The summed E-state index contributed by atoms with van der Waals surface area (Å²) in [6.45, 7) is 0. The van der Waals surface area contributed by atoms with E-state index in [0.29, 0.717) is 11.8 Å². The van der Waals surface area contributed by atoms with Crippen LogP contribution in [-0.2, 0) is 4.79 Å². The van der Waals surface area contributed by atoms with Crippen molar-refractivity contribution in [1.82, 2.24) is 20.2 Å². The second kappa shape index (κ2) is 9.36. The van der Waals surface area contributed by atoms with E-state index in [4.69, 9.17) is 0 Å². The molecule has 1 fully saturated rings. The third-order valence-corrected chi connectivity index (χ3v) is 6.68. The first-order valence-electron chi connectivity index (χ1n) is 10.7. The maximum absolute atomic E-state index is 12.8. The summed E-state index contributed by atoms with van der Waals surface area (Å²) in [7, 11) is 0. The van der Waals surface area contributed by atoms with Gasteiger partial charge in [0.2, 0.25) is 5.91 Å². The molecule has 0 saturated heterocycles. The highest BCUT2D eigenvalue weighted by Crippen LogP contribution is 2.37. The van der Waals surface area contributed by atoms with Gasteiger partial charge in [-0.3, -0.25) is 4.79 Å². The molecule has 3 aromatic carbocycles. The number of carbonyl (C=O) groups excluding carboxylic acids is 1. The molecular weight excluding hydrogens is 418 g/mol. The van der Waals surface area contributed by atoms with Gasteiger partial charge < -0.3 is 5.32 Å². The molecule has 0 radical (unpaired) electrons. The zero-order chi connectivity index (χ0) is 21.8. The van der Waals surface area contributed by atoms with Gasteiger partial charge in [0.25, 0.3) is 0 Å². The molecule has 1 amide bonds. The lowest BCUT2D eigenvalue weighted by molar-refractivity contribution is -0.113. The summed E-state index contributed by atoms with van der Waals surface area (Å²) in [4.78, 5) is 12.8. The van der Waals surface area contributed by atoms with Crippen LogP contribution in [0, 0.1) is 0 Å². The van der Waals surface area contributed by atoms with Crippen molar-refractivity contribution in [2.24, 2.45) is 0 Å². The zero-order valence-corrected chi connectivity index (χ0v) is 18.3. The van der Waals surface area contributed by atoms with E-state index in [0.717, 1.165) is 29.9 Å². The molecule has 1 saturated carbocycles. The number of nitrogens with one attached hydrogen (secondary N) is 1. The van der Waals surface area contributed by atoms with Crippen LogP contribution in [0.25, 0.3) is 11.4 Å². The van der Waals surface area contributed by atoms with E-state index in [1.807, 2.05) is 65.3 Å². The van der Waals surface area contributed by atoms with Gasteiger partial charge in [0, 0.05) is 11.3 Å². The Labute approximate surface area is 191 Å². The van der Waals surface area contributed by atoms with Gasteiger partial charge in [-0.1, -0.05) is 72.8 Å². The second-order valence-electron chi connectivity index (χ2n) is 7.82. The summed E-state index contributed by atoms with van der Waals surface area (Å²) in [5, 5.41) is 15.2. The van der Waals surface area contributed by atoms with E-state index < -0.39 is 0 Å². The molecule has 0 unspecified atom stereocenters. The van der Waals surface area contributed by atoms with Gasteiger partial charge in [-0.2, -0.15) is 0 Å². The predicted molar refractivity (Wildman–Crippen MR) is 127 cm³/mol. The minimum atomic E-state index is -0.0363. The maximum Gasteiger partial charge on any atom is 0.234 e. The van der Waals surface area contributed by atoms with Crippen molar-refractivity contribution in [2.45, 2.75) is 24.1 Å². The number of nitrogens with zero attached hydrogens (tertiary/aromatic N) is 4. The molecule has 1 N–H and O–H groups in total. The van der Waals surface area contributed by atoms with Crippen LogP contribution in [0.3, 0.4) is 0 Å². The van der Waals surface area contributed by atoms with Crippen LogP contribution < -0.4 is 5.32 Å². The van der Waals surface area contributed by atoms with Crippen molar-refractivity contribution in [2.75, 3.05) is 11.1 Å². The minimum absolute atomic E-state index is 0.0363. The Morgan fingerprint density at radius 2 is 1.66 bits per heavy atom. The number of anilines is 1. The van der Waals surface area contributed by atoms with Crippen LogP contribution >= 0.6 is 11.8 Å². The predicted octanol–water partition coefficient (Wildman–Crippen LogP) is 5.14. The molecule has 1 aromatic heterocycles. The van der Waals surface area contributed by atoms with E-state index in [9.17, 15) is 4.79 Å². The smallest absolute Gasteiger partial charge is 0.234 e. The van der Waals surface area contributed by atoms with Crippen molar-refractivity contribution < 1.29 is 4.79 Å². The Bertz CT molecular complexity index is 1150. The third kappa shape index (κ3) is 4.73. The number of carbonyl (C=O) groups is 1. The molecule has 6 nitrogen and oxygen atoms in total. The van der Waals surface area contributed by atoms with E-state index in [1.54, 1.807) is 11.8 Å². The van der Waals surface area contributed by atoms with Crippen LogP contribution in [0.2, 0.25) is 0 Å². The molecule has 160 valence electrons. The standard InChI is InChI=1S/C25H23N5OS/c31-23(17-32-24(18-8-3-1-4-9-18)19-10-5-2-6-11-19)26-21-13-7-12-20(16-21)25-27-28-29-30(25)22-14-15-22/h1-13,16,22,24H,14-15,17H2,(H,26,31). The lowest BCUT2D eigenvalue weighted by Crippen LogP contribution is -2.15. The summed E-state index contributed by atoms with van der Waals surface area (Å²) >= 11 is 1.62. The Morgan fingerprint density at radius 3 is 2.31 bits per heavy atom. The van der Waals surface area contributed by atoms with E-state index in [1.165, 1.54) is 11.1 Å². The number of hydrogen-bond donors (Lipinski definition) is 1. The minimum Gasteiger partial charge on any atom is -0.325 e. The second-order valence-corrected chi connectivity index (χ2v) is 8.91. The summed E-state index contributed by atoms with van der Waals surface area (Å²) in [5.41, 5.74) is 4.02. The third-order valence-electron chi connectivity index (χ3n) is 5.38. The highest BCUT2D eigenvalue weighted by molar-refractivity contribution is 8.00. The van der Waals surface area contributed by atoms with E-state index >= 15 is 0 Å². The fraction of sp³-hybridized carbons (Fsp3) is 0.200. The molecule has 32 heavy (non-hydrogen) atoms. The molecule has 0 spiro atoms. The van der Waals surface area contributed by atoms with Gasteiger partial charge in [0.1, 0.15) is 0 Å². The molecule has 0 atom stereocenters. The molecule has 7 heteroatoms. The van der Waals surface area contributed by atoms with Crippen LogP contribution in [0.15, 0.2) is 84.9 Å². The van der Waals surface area contributed by atoms with Crippen LogP contribution in [0.5, 0.6) is 0 Å². The molecule has 1 heterocycles. The summed E-state index contributed by atoms with van der Waals surface area (Å²) in [6, 6.07) is 28.7. The van der Waals surface area contributed by atoms with Crippen molar-refractivity contribution in [3.63, 3.8) is 0 Å². The molecule has 1 aliphatic carbocycles. The van der Waals surface area contributed by atoms with E-state index in [-0.39, 0.29) is 11.2 Å². The first-order chi connectivity index (χ1) is 15.8. The number of rotatable bonds is 8. The molecule has 1 aliphatic rings. The van der Waals surface area contributed by atoms with Crippen LogP contribution in [-0.4, -0.2) is 31.9 Å².